The normalized spacial score (nSPS) is 11.4. The number of carbonyl (C=O) groups excluding carboxylic acids is 1. The molecule has 0 bridgehead atoms. The molecule has 0 amide bonds. The highest BCUT2D eigenvalue weighted by atomic mass is 16.1. The molecule has 0 aliphatic rings. The summed E-state index contributed by atoms with van der Waals surface area (Å²) in [5.41, 5.74) is 7.99. The summed E-state index contributed by atoms with van der Waals surface area (Å²) in [5.74, 6) is -0.0387. The van der Waals surface area contributed by atoms with E-state index in [2.05, 4.69) is 39.8 Å². The summed E-state index contributed by atoms with van der Waals surface area (Å²) in [5, 5.41) is 6.80. The van der Waals surface area contributed by atoms with Crippen molar-refractivity contribution in [2.75, 3.05) is 5.43 Å². The molecule has 0 radical (unpaired) electrons. The lowest BCUT2D eigenvalue weighted by Gasteiger charge is -2.03. The zero-order chi connectivity index (χ0) is 21.2. The predicted molar refractivity (Wildman–Crippen MR) is 125 cm³/mol. The smallest absolute Gasteiger partial charge is 0.210 e. The number of pyridine rings is 2. The molecule has 5 nitrogen and oxygen atoms in total. The van der Waals surface area contributed by atoms with Crippen LogP contribution in [-0.2, 0) is 0 Å². The van der Waals surface area contributed by atoms with Crippen LogP contribution >= 0.6 is 0 Å². The molecular weight excluding hydrogens is 384 g/mol. The molecule has 0 fully saturated rings. The minimum atomic E-state index is -0.0387. The number of benzene rings is 2. The van der Waals surface area contributed by atoms with Gasteiger partial charge < -0.3 is 4.40 Å². The van der Waals surface area contributed by atoms with Crippen LogP contribution in [0.3, 0.4) is 0 Å². The second kappa shape index (κ2) is 7.88. The Morgan fingerprint density at radius 3 is 2.58 bits per heavy atom. The van der Waals surface area contributed by atoms with E-state index in [0.717, 1.165) is 27.7 Å². The number of fused-ring (bicyclic) bond motifs is 2. The van der Waals surface area contributed by atoms with Crippen LogP contribution in [-0.4, -0.2) is 21.4 Å². The summed E-state index contributed by atoms with van der Waals surface area (Å²) in [6.45, 7) is 1.96. The molecule has 5 aromatic rings. The molecule has 0 saturated carbocycles. The van der Waals surface area contributed by atoms with E-state index in [4.69, 9.17) is 0 Å². The van der Waals surface area contributed by atoms with E-state index in [-0.39, 0.29) is 5.78 Å². The zero-order valence-electron chi connectivity index (χ0n) is 17.0. The van der Waals surface area contributed by atoms with Gasteiger partial charge in [0.05, 0.1) is 23.1 Å². The Bertz CT molecular complexity index is 1430. The van der Waals surface area contributed by atoms with Gasteiger partial charge in [-0.3, -0.25) is 15.2 Å². The van der Waals surface area contributed by atoms with E-state index in [0.29, 0.717) is 11.3 Å². The van der Waals surface area contributed by atoms with Gasteiger partial charge in [0, 0.05) is 29.7 Å². The van der Waals surface area contributed by atoms with E-state index in [1.54, 1.807) is 30.7 Å². The standard InChI is InChI=1S/C26H20N4O/c1-18-23(17-28-29-22-10-9-19-6-2-3-7-21(19)16-22)24-8-4-5-15-30(24)25(18)26(31)20-11-13-27-14-12-20/h2-17,29H,1H3/b28-17-. The van der Waals surface area contributed by atoms with Crippen molar-refractivity contribution in [3.63, 3.8) is 0 Å². The van der Waals surface area contributed by atoms with Gasteiger partial charge in [0.2, 0.25) is 5.78 Å². The Balaban J connectivity index is 1.51. The number of anilines is 1. The Morgan fingerprint density at radius 1 is 0.968 bits per heavy atom. The molecule has 1 N–H and O–H groups in total. The van der Waals surface area contributed by atoms with Crippen LogP contribution in [0.1, 0.15) is 27.2 Å². The summed E-state index contributed by atoms with van der Waals surface area (Å²) < 4.78 is 1.93. The monoisotopic (exact) mass is 404 g/mol. The molecule has 0 atom stereocenters. The van der Waals surface area contributed by atoms with Gasteiger partial charge in [-0.15, -0.1) is 0 Å². The van der Waals surface area contributed by atoms with Gasteiger partial charge in [-0.1, -0.05) is 36.4 Å². The predicted octanol–water partition coefficient (Wildman–Crippen LogP) is 5.47. The highest BCUT2D eigenvalue weighted by Gasteiger charge is 2.20. The van der Waals surface area contributed by atoms with Crippen LogP contribution in [0.15, 0.2) is 96.5 Å². The van der Waals surface area contributed by atoms with Crippen molar-refractivity contribution >= 4 is 34.0 Å². The Hall–Kier alpha value is -4.25. The highest BCUT2D eigenvalue weighted by Crippen LogP contribution is 2.24. The molecule has 3 heterocycles. The number of ketones is 1. The zero-order valence-corrected chi connectivity index (χ0v) is 17.0. The van der Waals surface area contributed by atoms with Crippen molar-refractivity contribution < 1.29 is 4.79 Å². The summed E-state index contributed by atoms with van der Waals surface area (Å²) in [7, 11) is 0. The molecule has 0 unspecified atom stereocenters. The van der Waals surface area contributed by atoms with E-state index >= 15 is 0 Å². The molecule has 0 aliphatic carbocycles. The first-order valence-corrected chi connectivity index (χ1v) is 10.0. The van der Waals surface area contributed by atoms with E-state index < -0.39 is 0 Å². The lowest BCUT2D eigenvalue weighted by Crippen LogP contribution is -2.06. The second-order valence-corrected chi connectivity index (χ2v) is 7.34. The molecule has 2 aromatic carbocycles. The van der Waals surface area contributed by atoms with Crippen molar-refractivity contribution in [3.05, 3.63) is 114 Å². The lowest BCUT2D eigenvalue weighted by molar-refractivity contribution is 0.103. The van der Waals surface area contributed by atoms with Gasteiger partial charge in [-0.05, 0) is 59.7 Å². The number of aromatic nitrogens is 2. The number of hydrogen-bond acceptors (Lipinski definition) is 4. The first-order chi connectivity index (χ1) is 15.2. The third kappa shape index (κ3) is 3.46. The number of hydrogen-bond donors (Lipinski definition) is 1. The van der Waals surface area contributed by atoms with Crippen LogP contribution in [0, 0.1) is 6.92 Å². The number of nitrogens with zero attached hydrogens (tertiary/aromatic N) is 3. The first-order valence-electron chi connectivity index (χ1n) is 10.0. The fourth-order valence-electron chi connectivity index (χ4n) is 3.87. The Kier molecular flexibility index (Phi) is 4.77. The average molecular weight is 404 g/mol. The van der Waals surface area contributed by atoms with Gasteiger partial charge in [0.25, 0.3) is 0 Å². The van der Waals surface area contributed by atoms with Gasteiger partial charge >= 0.3 is 0 Å². The second-order valence-electron chi connectivity index (χ2n) is 7.34. The van der Waals surface area contributed by atoms with Gasteiger partial charge in [0.1, 0.15) is 0 Å². The van der Waals surface area contributed by atoms with Crippen molar-refractivity contribution in [2.45, 2.75) is 6.92 Å². The fraction of sp³-hybridized carbons (Fsp3) is 0.0385. The van der Waals surface area contributed by atoms with Crippen molar-refractivity contribution in [1.82, 2.24) is 9.38 Å². The number of rotatable bonds is 5. The average Bonchev–Trinajstić information content (AvgIpc) is 3.10. The molecule has 150 valence electrons. The SMILES string of the molecule is Cc1c(/C=N\Nc2ccc3ccccc3c2)c2ccccn2c1C(=O)c1ccncc1. The minimum Gasteiger partial charge on any atom is -0.313 e. The Labute approximate surface area is 179 Å². The van der Waals surface area contributed by atoms with Crippen LogP contribution in [0.2, 0.25) is 0 Å². The summed E-state index contributed by atoms with van der Waals surface area (Å²) in [4.78, 5) is 17.2. The van der Waals surface area contributed by atoms with Gasteiger partial charge in [0.15, 0.2) is 0 Å². The largest absolute Gasteiger partial charge is 0.313 e. The third-order valence-corrected chi connectivity index (χ3v) is 5.43. The summed E-state index contributed by atoms with van der Waals surface area (Å²) in [6.07, 6.45) is 6.95. The van der Waals surface area contributed by atoms with Crippen LogP contribution in [0.25, 0.3) is 16.3 Å². The fourth-order valence-corrected chi connectivity index (χ4v) is 3.87. The molecule has 0 saturated heterocycles. The first kappa shape index (κ1) is 18.8. The Morgan fingerprint density at radius 2 is 1.74 bits per heavy atom. The summed E-state index contributed by atoms with van der Waals surface area (Å²) >= 11 is 0. The van der Waals surface area contributed by atoms with Crippen molar-refractivity contribution in [1.29, 1.82) is 0 Å². The quantitative estimate of drug-likeness (QED) is 0.240. The minimum absolute atomic E-state index is 0.0387. The highest BCUT2D eigenvalue weighted by molar-refractivity contribution is 6.11. The van der Waals surface area contributed by atoms with E-state index in [1.807, 2.05) is 53.9 Å². The van der Waals surface area contributed by atoms with Crippen molar-refractivity contribution in [2.24, 2.45) is 5.10 Å². The van der Waals surface area contributed by atoms with Gasteiger partial charge in [-0.2, -0.15) is 5.10 Å². The van der Waals surface area contributed by atoms with Crippen LogP contribution in [0.5, 0.6) is 0 Å². The summed E-state index contributed by atoms with van der Waals surface area (Å²) in [6, 6.07) is 23.7. The van der Waals surface area contributed by atoms with Crippen LogP contribution < -0.4 is 5.43 Å². The molecule has 3 aromatic heterocycles. The van der Waals surface area contributed by atoms with Gasteiger partial charge in [-0.25, -0.2) is 0 Å². The topological polar surface area (TPSA) is 58.8 Å². The molecule has 5 heteroatoms. The van der Waals surface area contributed by atoms with E-state index in [1.165, 1.54) is 5.39 Å². The number of hydrazone groups is 1. The molecule has 0 aliphatic heterocycles. The molecular formula is C26H20N4O. The van der Waals surface area contributed by atoms with Crippen LogP contribution in [0.4, 0.5) is 5.69 Å². The molecule has 0 spiro atoms. The van der Waals surface area contributed by atoms with E-state index in [9.17, 15) is 4.79 Å². The van der Waals surface area contributed by atoms with Crippen molar-refractivity contribution in [3.8, 4) is 0 Å². The number of carbonyl (C=O) groups is 1. The molecule has 5 rings (SSSR count). The lowest BCUT2D eigenvalue weighted by atomic mass is 10.1. The molecule has 31 heavy (non-hydrogen) atoms. The number of nitrogens with one attached hydrogen (secondary N) is 1. The third-order valence-electron chi connectivity index (χ3n) is 5.43. The maximum absolute atomic E-state index is 13.2. The maximum Gasteiger partial charge on any atom is 0.210 e. The maximum atomic E-state index is 13.2.